The average Bonchev–Trinajstić information content (AvgIpc) is 2.85. The van der Waals surface area contributed by atoms with E-state index >= 15 is 0 Å². The Hall–Kier alpha value is -2.90. The summed E-state index contributed by atoms with van der Waals surface area (Å²) in [7, 11) is 1.45. The van der Waals surface area contributed by atoms with Crippen LogP contribution in [0.3, 0.4) is 0 Å². The van der Waals surface area contributed by atoms with Gasteiger partial charge in [0, 0.05) is 12.1 Å². The highest BCUT2D eigenvalue weighted by atomic mass is 16.5. The van der Waals surface area contributed by atoms with Crippen LogP contribution >= 0.6 is 0 Å². The molecule has 8 nitrogen and oxygen atoms in total. The molecule has 0 fully saturated rings. The van der Waals surface area contributed by atoms with Crippen LogP contribution < -0.4 is 15.6 Å². The molecule has 1 heterocycles. The summed E-state index contributed by atoms with van der Waals surface area (Å²) >= 11 is 0. The number of nitrogens with zero attached hydrogens (tertiary/aromatic N) is 2. The van der Waals surface area contributed by atoms with Crippen LogP contribution in [-0.2, 0) is 9.59 Å². The van der Waals surface area contributed by atoms with Crippen molar-refractivity contribution < 1.29 is 19.4 Å². The summed E-state index contributed by atoms with van der Waals surface area (Å²) in [4.78, 5) is 23.2. The number of amides is 2. The molecular weight excluding hydrogens is 300 g/mol. The van der Waals surface area contributed by atoms with Crippen molar-refractivity contribution in [1.29, 1.82) is 0 Å². The summed E-state index contributed by atoms with van der Waals surface area (Å²) < 4.78 is 4.98. The molecule has 1 atom stereocenters. The molecule has 122 valence electrons. The molecule has 0 saturated heterocycles. The zero-order chi connectivity index (χ0) is 16.8. The number of aromatic hydroxyl groups is 1. The van der Waals surface area contributed by atoms with Gasteiger partial charge in [-0.15, -0.1) is 0 Å². The molecule has 8 heteroatoms. The number of hydrogen-bond donors (Lipinski definition) is 3. The fourth-order valence-corrected chi connectivity index (χ4v) is 2.11. The quantitative estimate of drug-likeness (QED) is 0.531. The van der Waals surface area contributed by atoms with Gasteiger partial charge in [-0.05, 0) is 37.1 Å². The first kappa shape index (κ1) is 16.5. The van der Waals surface area contributed by atoms with E-state index in [2.05, 4.69) is 21.1 Å². The van der Waals surface area contributed by atoms with Crippen LogP contribution in [0.4, 0.5) is 0 Å². The van der Waals surface area contributed by atoms with Gasteiger partial charge in [-0.3, -0.25) is 9.59 Å². The molecule has 3 N–H and O–H groups in total. The van der Waals surface area contributed by atoms with Crippen molar-refractivity contribution in [2.45, 2.75) is 19.8 Å². The third-order valence-corrected chi connectivity index (χ3v) is 3.43. The van der Waals surface area contributed by atoms with Crippen LogP contribution in [0, 0.1) is 5.92 Å². The molecule has 0 unspecified atom stereocenters. The van der Waals surface area contributed by atoms with E-state index < -0.39 is 0 Å². The molecule has 23 heavy (non-hydrogen) atoms. The summed E-state index contributed by atoms with van der Waals surface area (Å²) in [5.41, 5.74) is 6.12. The van der Waals surface area contributed by atoms with Crippen LogP contribution in [0.1, 0.15) is 25.3 Å². The van der Waals surface area contributed by atoms with E-state index in [0.29, 0.717) is 23.4 Å². The average molecular weight is 318 g/mol. The third kappa shape index (κ3) is 4.29. The first-order chi connectivity index (χ1) is 11.0. The maximum Gasteiger partial charge on any atom is 0.248 e. The standard InChI is InChI=1S/C15H18N4O4/c1-9-11(15(22)19-17-9)4-6-14(21)18-16-8-10-3-5-12(20)13(7-10)23-2/h3,5,7-8,11,20H,4,6H2,1-2H3,(H,18,21)(H,19,22)/b16-8-/t11-/m1/s1. The molecule has 2 rings (SSSR count). The number of methoxy groups -OCH3 is 1. The van der Waals surface area contributed by atoms with Crippen molar-refractivity contribution in [3.8, 4) is 11.5 Å². The van der Waals surface area contributed by atoms with Gasteiger partial charge in [0.05, 0.1) is 19.2 Å². The highest BCUT2D eigenvalue weighted by molar-refractivity contribution is 6.07. The summed E-state index contributed by atoms with van der Waals surface area (Å²) in [5.74, 6) is -0.483. The van der Waals surface area contributed by atoms with E-state index in [1.807, 2.05) is 0 Å². The van der Waals surface area contributed by atoms with E-state index in [0.717, 1.165) is 0 Å². The van der Waals surface area contributed by atoms with Gasteiger partial charge in [0.15, 0.2) is 11.5 Å². The normalized spacial score (nSPS) is 17.0. The van der Waals surface area contributed by atoms with Crippen molar-refractivity contribution in [1.82, 2.24) is 10.9 Å². The lowest BCUT2D eigenvalue weighted by atomic mass is 9.99. The molecular formula is C15H18N4O4. The fourth-order valence-electron chi connectivity index (χ4n) is 2.11. The third-order valence-electron chi connectivity index (χ3n) is 3.43. The van der Waals surface area contributed by atoms with Crippen molar-refractivity contribution in [3.63, 3.8) is 0 Å². The van der Waals surface area contributed by atoms with Gasteiger partial charge in [-0.2, -0.15) is 10.2 Å². The molecule has 1 aromatic carbocycles. The van der Waals surface area contributed by atoms with Gasteiger partial charge in [0.1, 0.15) is 0 Å². The van der Waals surface area contributed by atoms with E-state index in [1.165, 1.54) is 19.4 Å². The molecule has 1 aliphatic rings. The highest BCUT2D eigenvalue weighted by Gasteiger charge is 2.26. The lowest BCUT2D eigenvalue weighted by Crippen LogP contribution is -2.25. The van der Waals surface area contributed by atoms with Crippen LogP contribution in [0.15, 0.2) is 28.4 Å². The number of phenolic OH excluding ortho intramolecular Hbond substituents is 1. The second kappa shape index (κ2) is 7.39. The maximum atomic E-state index is 11.7. The number of carbonyl (C=O) groups excluding carboxylic acids is 2. The topological polar surface area (TPSA) is 112 Å². The molecule has 0 aliphatic carbocycles. The van der Waals surface area contributed by atoms with Crippen LogP contribution in [0.5, 0.6) is 11.5 Å². The summed E-state index contributed by atoms with van der Waals surface area (Å²) in [6, 6.07) is 4.70. The second-order valence-electron chi connectivity index (χ2n) is 5.04. The fraction of sp³-hybridized carbons (Fsp3) is 0.333. The molecule has 0 radical (unpaired) electrons. The molecule has 1 aliphatic heterocycles. The number of hydrogen-bond acceptors (Lipinski definition) is 6. The molecule has 2 amide bonds. The van der Waals surface area contributed by atoms with Gasteiger partial charge in [0.2, 0.25) is 11.8 Å². The number of carbonyl (C=O) groups is 2. The number of benzene rings is 1. The molecule has 0 saturated carbocycles. The second-order valence-corrected chi connectivity index (χ2v) is 5.04. The SMILES string of the molecule is COc1cc(/C=N\NC(=O)CC[C@H]2C(=O)NN=C2C)ccc1O. The van der Waals surface area contributed by atoms with Crippen LogP contribution in [0.2, 0.25) is 0 Å². The molecule has 0 aromatic heterocycles. The lowest BCUT2D eigenvalue weighted by Gasteiger charge is -2.06. The largest absolute Gasteiger partial charge is 0.504 e. The first-order valence-corrected chi connectivity index (χ1v) is 7.04. The monoisotopic (exact) mass is 318 g/mol. The minimum absolute atomic E-state index is 0.0283. The lowest BCUT2D eigenvalue weighted by molar-refractivity contribution is -0.123. The van der Waals surface area contributed by atoms with Crippen molar-refractivity contribution in [3.05, 3.63) is 23.8 Å². The Bertz CT molecular complexity index is 669. The van der Waals surface area contributed by atoms with Gasteiger partial charge in [-0.1, -0.05) is 0 Å². The number of nitrogens with one attached hydrogen (secondary N) is 2. The molecule has 0 spiro atoms. The minimum atomic E-state index is -0.355. The summed E-state index contributed by atoms with van der Waals surface area (Å²) in [6.45, 7) is 1.75. The van der Waals surface area contributed by atoms with Gasteiger partial charge in [0.25, 0.3) is 0 Å². The number of ether oxygens (including phenoxy) is 1. The minimum Gasteiger partial charge on any atom is -0.504 e. The maximum absolute atomic E-state index is 11.7. The predicted molar refractivity (Wildman–Crippen MR) is 84.4 cm³/mol. The van der Waals surface area contributed by atoms with Gasteiger partial charge in [-0.25, -0.2) is 10.9 Å². The Balaban J connectivity index is 1.82. The zero-order valence-electron chi connectivity index (χ0n) is 12.9. The van der Waals surface area contributed by atoms with Gasteiger partial charge >= 0.3 is 0 Å². The van der Waals surface area contributed by atoms with Crippen molar-refractivity contribution in [2.24, 2.45) is 16.1 Å². The van der Waals surface area contributed by atoms with Crippen LogP contribution in [0.25, 0.3) is 0 Å². The molecule has 1 aromatic rings. The van der Waals surface area contributed by atoms with E-state index in [-0.39, 0.29) is 29.9 Å². The Labute approximate surface area is 133 Å². The summed E-state index contributed by atoms with van der Waals surface area (Å²) in [5, 5.41) is 17.1. The van der Waals surface area contributed by atoms with Crippen molar-refractivity contribution >= 4 is 23.7 Å². The molecule has 0 bridgehead atoms. The Morgan fingerprint density at radius 3 is 3.00 bits per heavy atom. The Morgan fingerprint density at radius 1 is 1.57 bits per heavy atom. The van der Waals surface area contributed by atoms with Crippen molar-refractivity contribution in [2.75, 3.05) is 7.11 Å². The van der Waals surface area contributed by atoms with Crippen LogP contribution in [-0.4, -0.2) is 36.0 Å². The summed E-state index contributed by atoms with van der Waals surface area (Å²) in [6.07, 6.45) is 1.99. The van der Waals surface area contributed by atoms with Gasteiger partial charge < -0.3 is 9.84 Å². The highest BCUT2D eigenvalue weighted by Crippen LogP contribution is 2.25. The number of phenols is 1. The predicted octanol–water partition coefficient (Wildman–Crippen LogP) is 0.753. The zero-order valence-corrected chi connectivity index (χ0v) is 12.9. The smallest absolute Gasteiger partial charge is 0.248 e. The Kier molecular flexibility index (Phi) is 5.29. The van der Waals surface area contributed by atoms with E-state index in [1.54, 1.807) is 19.1 Å². The Morgan fingerprint density at radius 2 is 2.35 bits per heavy atom. The number of hydrazone groups is 2. The number of rotatable bonds is 6. The first-order valence-electron chi connectivity index (χ1n) is 7.04. The van der Waals surface area contributed by atoms with E-state index in [9.17, 15) is 14.7 Å². The van der Waals surface area contributed by atoms with E-state index in [4.69, 9.17) is 4.74 Å².